The molecular weight excluding hydrogens is 407 g/mol. The van der Waals surface area contributed by atoms with Crippen LogP contribution in [0, 0.1) is 5.92 Å². The smallest absolute Gasteiger partial charge is 0.193 e. The molecule has 0 aromatic carbocycles. The van der Waals surface area contributed by atoms with E-state index >= 15 is 0 Å². The maximum atomic E-state index is 4.48. The molecule has 2 fully saturated rings. The first-order chi connectivity index (χ1) is 10.4. The highest BCUT2D eigenvalue weighted by Gasteiger charge is 2.21. The molecule has 3 rings (SSSR count). The van der Waals surface area contributed by atoms with Gasteiger partial charge in [0.2, 0.25) is 0 Å². The van der Waals surface area contributed by atoms with E-state index in [4.69, 9.17) is 0 Å². The van der Waals surface area contributed by atoms with Crippen molar-refractivity contribution in [1.82, 2.24) is 10.2 Å². The minimum atomic E-state index is 0. The predicted molar refractivity (Wildman–Crippen MR) is 107 cm³/mol. The normalized spacial score (nSPS) is 20.1. The first-order valence-corrected chi connectivity index (χ1v) is 8.99. The van der Waals surface area contributed by atoms with Crippen molar-refractivity contribution < 1.29 is 0 Å². The van der Waals surface area contributed by atoms with Crippen LogP contribution in [0.25, 0.3) is 0 Å². The van der Waals surface area contributed by atoms with Gasteiger partial charge in [0, 0.05) is 39.8 Å². The SMILES string of the molecule is CN=C(NCC1CCCC1)N1CCN(c2cccs2)CC1.I. The van der Waals surface area contributed by atoms with Crippen molar-refractivity contribution in [3.63, 3.8) is 0 Å². The highest BCUT2D eigenvalue weighted by molar-refractivity contribution is 14.0. The quantitative estimate of drug-likeness (QED) is 0.450. The maximum Gasteiger partial charge on any atom is 0.193 e. The molecule has 0 atom stereocenters. The van der Waals surface area contributed by atoms with Crippen LogP contribution in [0.4, 0.5) is 5.00 Å². The van der Waals surface area contributed by atoms with E-state index in [-0.39, 0.29) is 24.0 Å². The van der Waals surface area contributed by atoms with E-state index in [0.29, 0.717) is 0 Å². The Morgan fingerprint density at radius 1 is 1.27 bits per heavy atom. The van der Waals surface area contributed by atoms with Crippen LogP contribution in [0.15, 0.2) is 22.5 Å². The van der Waals surface area contributed by atoms with Crippen molar-refractivity contribution in [3.05, 3.63) is 17.5 Å². The average Bonchev–Trinajstić information content (AvgIpc) is 3.22. The van der Waals surface area contributed by atoms with Gasteiger partial charge in [0.1, 0.15) is 0 Å². The number of piperazine rings is 1. The number of thiophene rings is 1. The molecule has 2 heterocycles. The van der Waals surface area contributed by atoms with Gasteiger partial charge in [-0.2, -0.15) is 0 Å². The number of nitrogens with one attached hydrogen (secondary N) is 1. The van der Waals surface area contributed by atoms with Crippen LogP contribution >= 0.6 is 35.3 Å². The Kier molecular flexibility index (Phi) is 7.27. The molecule has 0 unspecified atom stereocenters. The van der Waals surface area contributed by atoms with Crippen molar-refractivity contribution in [3.8, 4) is 0 Å². The number of aliphatic imine (C=N–C) groups is 1. The molecule has 1 aliphatic heterocycles. The van der Waals surface area contributed by atoms with Crippen molar-refractivity contribution in [2.24, 2.45) is 10.9 Å². The summed E-state index contributed by atoms with van der Waals surface area (Å²) < 4.78 is 0. The van der Waals surface area contributed by atoms with E-state index in [9.17, 15) is 0 Å². The summed E-state index contributed by atoms with van der Waals surface area (Å²) in [6, 6.07) is 4.35. The molecular formula is C16H27IN4S. The van der Waals surface area contributed by atoms with Crippen molar-refractivity contribution >= 4 is 46.3 Å². The zero-order valence-electron chi connectivity index (χ0n) is 13.3. The van der Waals surface area contributed by atoms with E-state index in [1.807, 2.05) is 18.4 Å². The minimum absolute atomic E-state index is 0. The average molecular weight is 434 g/mol. The Hall–Kier alpha value is -0.500. The fourth-order valence-electron chi connectivity index (χ4n) is 3.37. The lowest BCUT2D eigenvalue weighted by atomic mass is 10.1. The number of rotatable bonds is 3. The van der Waals surface area contributed by atoms with Crippen LogP contribution in [-0.2, 0) is 0 Å². The Balaban J connectivity index is 0.00000176. The molecule has 6 heteroatoms. The summed E-state index contributed by atoms with van der Waals surface area (Å²) in [6.07, 6.45) is 5.58. The van der Waals surface area contributed by atoms with E-state index < -0.39 is 0 Å². The highest BCUT2D eigenvalue weighted by atomic mass is 127. The molecule has 0 spiro atoms. The summed E-state index contributed by atoms with van der Waals surface area (Å²) in [5, 5.41) is 7.14. The molecule has 0 radical (unpaired) electrons. The first-order valence-electron chi connectivity index (χ1n) is 8.11. The fraction of sp³-hybridized carbons (Fsp3) is 0.688. The second kappa shape index (κ2) is 8.96. The van der Waals surface area contributed by atoms with Crippen molar-refractivity contribution in [2.75, 3.05) is 44.7 Å². The molecule has 124 valence electrons. The summed E-state index contributed by atoms with van der Waals surface area (Å²) in [6.45, 7) is 5.39. The van der Waals surface area contributed by atoms with Crippen LogP contribution < -0.4 is 10.2 Å². The Bertz CT molecular complexity index is 449. The standard InChI is InChI=1S/C16H26N4S.HI/c1-17-16(18-13-14-5-2-3-6-14)20-10-8-19(9-11-20)15-7-4-12-21-15;/h4,7,12,14H,2-3,5-6,8-11,13H2,1H3,(H,17,18);1H. The number of nitrogens with zero attached hydrogens (tertiary/aromatic N) is 3. The van der Waals surface area contributed by atoms with E-state index in [0.717, 1.165) is 44.6 Å². The van der Waals surface area contributed by atoms with Gasteiger partial charge in [-0.15, -0.1) is 35.3 Å². The summed E-state index contributed by atoms with van der Waals surface area (Å²) in [5.74, 6) is 1.95. The van der Waals surface area contributed by atoms with Crippen LogP contribution in [0.2, 0.25) is 0 Å². The lowest BCUT2D eigenvalue weighted by Crippen LogP contribution is -2.53. The van der Waals surface area contributed by atoms with Gasteiger partial charge in [0.25, 0.3) is 0 Å². The zero-order chi connectivity index (χ0) is 14.5. The molecule has 0 amide bonds. The molecule has 1 aliphatic carbocycles. The minimum Gasteiger partial charge on any atom is -0.360 e. The number of anilines is 1. The van der Waals surface area contributed by atoms with Crippen LogP contribution in [0.1, 0.15) is 25.7 Å². The third-order valence-electron chi connectivity index (χ3n) is 4.63. The van der Waals surface area contributed by atoms with Gasteiger partial charge in [-0.1, -0.05) is 12.8 Å². The molecule has 0 bridgehead atoms. The monoisotopic (exact) mass is 434 g/mol. The molecule has 22 heavy (non-hydrogen) atoms. The number of hydrogen-bond donors (Lipinski definition) is 1. The van der Waals surface area contributed by atoms with Gasteiger partial charge in [-0.3, -0.25) is 4.99 Å². The van der Waals surface area contributed by atoms with Crippen molar-refractivity contribution in [1.29, 1.82) is 0 Å². The molecule has 1 aromatic heterocycles. The number of hydrogen-bond acceptors (Lipinski definition) is 3. The van der Waals surface area contributed by atoms with Gasteiger partial charge in [0.15, 0.2) is 5.96 Å². The predicted octanol–water partition coefficient (Wildman–Crippen LogP) is 3.25. The van der Waals surface area contributed by atoms with Crippen LogP contribution in [0.5, 0.6) is 0 Å². The second-order valence-corrected chi connectivity index (χ2v) is 6.93. The number of halogens is 1. The summed E-state index contributed by atoms with van der Waals surface area (Å²) in [4.78, 5) is 9.36. The van der Waals surface area contributed by atoms with Gasteiger partial charge in [0.05, 0.1) is 5.00 Å². The van der Waals surface area contributed by atoms with Gasteiger partial charge >= 0.3 is 0 Å². The van der Waals surface area contributed by atoms with Gasteiger partial charge < -0.3 is 15.1 Å². The zero-order valence-corrected chi connectivity index (χ0v) is 16.5. The Morgan fingerprint density at radius 3 is 2.59 bits per heavy atom. The maximum absolute atomic E-state index is 4.48. The Morgan fingerprint density at radius 2 is 2.00 bits per heavy atom. The fourth-order valence-corrected chi connectivity index (χ4v) is 4.16. The van der Waals surface area contributed by atoms with E-state index in [1.165, 1.54) is 30.7 Å². The van der Waals surface area contributed by atoms with Gasteiger partial charge in [-0.05, 0) is 36.3 Å². The van der Waals surface area contributed by atoms with Crippen LogP contribution in [-0.4, -0.2) is 50.6 Å². The van der Waals surface area contributed by atoms with E-state index in [1.54, 1.807) is 0 Å². The summed E-state index contributed by atoms with van der Waals surface area (Å²) >= 11 is 1.83. The first kappa shape index (κ1) is 17.8. The van der Waals surface area contributed by atoms with Crippen LogP contribution in [0.3, 0.4) is 0 Å². The number of guanidine groups is 1. The molecule has 1 aromatic rings. The van der Waals surface area contributed by atoms with E-state index in [2.05, 4.69) is 37.6 Å². The largest absolute Gasteiger partial charge is 0.360 e. The lowest BCUT2D eigenvalue weighted by molar-refractivity contribution is 0.369. The third kappa shape index (κ3) is 4.50. The third-order valence-corrected chi connectivity index (χ3v) is 5.56. The van der Waals surface area contributed by atoms with Gasteiger partial charge in [-0.25, -0.2) is 0 Å². The molecule has 1 saturated heterocycles. The lowest BCUT2D eigenvalue weighted by Gasteiger charge is -2.37. The highest BCUT2D eigenvalue weighted by Crippen LogP contribution is 2.24. The molecule has 1 saturated carbocycles. The summed E-state index contributed by atoms with van der Waals surface area (Å²) in [5.41, 5.74) is 0. The topological polar surface area (TPSA) is 30.9 Å². The second-order valence-electron chi connectivity index (χ2n) is 6.00. The molecule has 4 nitrogen and oxygen atoms in total. The molecule has 2 aliphatic rings. The summed E-state index contributed by atoms with van der Waals surface area (Å²) in [7, 11) is 1.91. The Labute approximate surface area is 155 Å². The van der Waals surface area contributed by atoms with Crippen molar-refractivity contribution in [2.45, 2.75) is 25.7 Å². The molecule has 1 N–H and O–H groups in total.